The van der Waals surface area contributed by atoms with Gasteiger partial charge in [0, 0.05) is 44.0 Å². The van der Waals surface area contributed by atoms with Crippen LogP contribution in [0.5, 0.6) is 0 Å². The van der Waals surface area contributed by atoms with E-state index in [4.69, 9.17) is 9.47 Å². The van der Waals surface area contributed by atoms with Crippen molar-refractivity contribution in [1.29, 1.82) is 0 Å². The molecule has 9 atom stereocenters. The molecule has 3 amide bonds. The van der Waals surface area contributed by atoms with Gasteiger partial charge in [0.2, 0.25) is 17.7 Å². The zero-order chi connectivity index (χ0) is 35.9. The minimum atomic E-state index is -1.22. The first-order valence-corrected chi connectivity index (χ1v) is 18.7. The lowest BCUT2D eigenvalue weighted by Gasteiger charge is -2.39. The molecule has 10 nitrogen and oxygen atoms in total. The zero-order valence-electron chi connectivity index (χ0n) is 29.5. The third kappa shape index (κ3) is 7.84. The molecule has 270 valence electrons. The monoisotopic (exact) mass is 743 g/mol. The second-order valence-electron chi connectivity index (χ2n) is 13.7. The predicted molar refractivity (Wildman–Crippen MR) is 192 cm³/mol. The molecule has 4 rings (SSSR count). The topological polar surface area (TPSA) is 117 Å². The lowest BCUT2D eigenvalue weighted by atomic mass is 9.70. The van der Waals surface area contributed by atoms with Crippen LogP contribution in [0, 0.1) is 11.8 Å². The SMILES string of the molecule is C=CCCC(=O)N(C)[C@@H](C)[C@@H](OC(=O)[C@H]1[C@@H]2O[C@@]3(CC2Br)[C@@H]1C(=O)N(CCCCCO)[C@@H]3C(=O)N(CC=C)C(C)CCC)c1ccccc1. The first-order valence-electron chi connectivity index (χ1n) is 17.8. The summed E-state index contributed by atoms with van der Waals surface area (Å²) in [5, 5.41) is 9.38. The van der Waals surface area contributed by atoms with Gasteiger partial charge < -0.3 is 29.3 Å². The van der Waals surface area contributed by atoms with Crippen molar-refractivity contribution in [2.45, 2.75) is 113 Å². The molecule has 3 heterocycles. The molecule has 2 bridgehead atoms. The Morgan fingerprint density at radius 3 is 2.51 bits per heavy atom. The van der Waals surface area contributed by atoms with Gasteiger partial charge in [0.25, 0.3) is 0 Å². The molecule has 0 saturated carbocycles. The summed E-state index contributed by atoms with van der Waals surface area (Å²) in [4.78, 5) is 61.4. The zero-order valence-corrected chi connectivity index (χ0v) is 31.1. The number of esters is 1. The number of rotatable bonds is 19. The smallest absolute Gasteiger partial charge is 0.313 e. The fourth-order valence-electron chi connectivity index (χ4n) is 7.97. The van der Waals surface area contributed by atoms with Gasteiger partial charge in [0.15, 0.2) is 0 Å². The van der Waals surface area contributed by atoms with E-state index in [1.807, 2.05) is 44.2 Å². The van der Waals surface area contributed by atoms with Crippen molar-refractivity contribution in [3.05, 3.63) is 61.2 Å². The number of likely N-dealkylation sites (tertiary alicyclic amines) is 1. The summed E-state index contributed by atoms with van der Waals surface area (Å²) in [7, 11) is 1.70. The minimum Gasteiger partial charge on any atom is -0.455 e. The number of hydrogen-bond donors (Lipinski definition) is 1. The Morgan fingerprint density at radius 2 is 1.88 bits per heavy atom. The number of benzene rings is 1. The summed E-state index contributed by atoms with van der Waals surface area (Å²) in [6, 6.07) is 7.78. The molecular formula is C38H54BrN3O7. The lowest BCUT2D eigenvalue weighted by molar-refractivity contribution is -0.164. The molecule has 11 heteroatoms. The van der Waals surface area contributed by atoms with E-state index in [1.165, 1.54) is 0 Å². The number of carbonyl (C=O) groups is 4. The summed E-state index contributed by atoms with van der Waals surface area (Å²) < 4.78 is 13.1. The van der Waals surface area contributed by atoms with E-state index in [0.29, 0.717) is 45.2 Å². The van der Waals surface area contributed by atoms with Gasteiger partial charge in [-0.15, -0.1) is 13.2 Å². The van der Waals surface area contributed by atoms with Crippen LogP contribution in [0.25, 0.3) is 0 Å². The second kappa shape index (κ2) is 17.3. The van der Waals surface area contributed by atoms with Gasteiger partial charge >= 0.3 is 5.97 Å². The maximum atomic E-state index is 14.7. The minimum absolute atomic E-state index is 0.0462. The molecule has 0 radical (unpaired) electrons. The van der Waals surface area contributed by atoms with E-state index in [1.54, 1.807) is 33.9 Å². The Bertz CT molecular complexity index is 1340. The highest BCUT2D eigenvalue weighted by molar-refractivity contribution is 9.09. The summed E-state index contributed by atoms with van der Waals surface area (Å²) in [5.41, 5.74) is -0.494. The van der Waals surface area contributed by atoms with Crippen LogP contribution in [0.4, 0.5) is 0 Å². The third-order valence-corrected chi connectivity index (χ3v) is 11.4. The molecule has 3 saturated heterocycles. The fourth-order valence-corrected chi connectivity index (χ4v) is 8.91. The van der Waals surface area contributed by atoms with Crippen LogP contribution in [0.2, 0.25) is 0 Å². The van der Waals surface area contributed by atoms with Crippen LogP contribution in [-0.4, -0.2) is 105 Å². The highest BCUT2D eigenvalue weighted by Gasteiger charge is 2.77. The number of likely N-dealkylation sites (N-methyl/N-ethyl adjacent to an activating group) is 1. The average Bonchev–Trinajstić information content (AvgIpc) is 3.69. The summed E-state index contributed by atoms with van der Waals surface area (Å²) >= 11 is 3.76. The number of fused-ring (bicyclic) bond motifs is 1. The number of alkyl halides is 1. The molecule has 3 aliphatic heterocycles. The van der Waals surface area contributed by atoms with E-state index < -0.39 is 47.7 Å². The Labute approximate surface area is 300 Å². The van der Waals surface area contributed by atoms with Gasteiger partial charge in [-0.05, 0) is 57.9 Å². The van der Waals surface area contributed by atoms with E-state index in [0.717, 1.165) is 18.4 Å². The van der Waals surface area contributed by atoms with Crippen molar-refractivity contribution in [2.75, 3.05) is 26.7 Å². The van der Waals surface area contributed by atoms with Gasteiger partial charge in [-0.25, -0.2) is 0 Å². The highest BCUT2D eigenvalue weighted by Crippen LogP contribution is 2.60. The van der Waals surface area contributed by atoms with Gasteiger partial charge in [0.1, 0.15) is 17.7 Å². The van der Waals surface area contributed by atoms with E-state index in [9.17, 15) is 24.3 Å². The van der Waals surface area contributed by atoms with Crippen LogP contribution < -0.4 is 0 Å². The molecular weight excluding hydrogens is 690 g/mol. The van der Waals surface area contributed by atoms with Crippen molar-refractivity contribution in [3.63, 3.8) is 0 Å². The quantitative estimate of drug-likeness (QED) is 0.0897. The van der Waals surface area contributed by atoms with Gasteiger partial charge in [-0.3, -0.25) is 19.2 Å². The fraction of sp³-hybridized carbons (Fsp3) is 0.632. The van der Waals surface area contributed by atoms with Crippen molar-refractivity contribution in [1.82, 2.24) is 14.7 Å². The summed E-state index contributed by atoms with van der Waals surface area (Å²) in [6.45, 7) is 14.2. The van der Waals surface area contributed by atoms with E-state index >= 15 is 0 Å². The van der Waals surface area contributed by atoms with Crippen molar-refractivity contribution >= 4 is 39.6 Å². The van der Waals surface area contributed by atoms with Gasteiger partial charge in [-0.2, -0.15) is 0 Å². The second-order valence-corrected chi connectivity index (χ2v) is 14.9. The molecule has 1 spiro atoms. The Balaban J connectivity index is 1.71. The van der Waals surface area contributed by atoms with Crippen molar-refractivity contribution < 1.29 is 33.8 Å². The predicted octanol–water partition coefficient (Wildman–Crippen LogP) is 5.20. The standard InChI is InChI=1S/C38H54BrN3O7/c1-7-10-20-29(44)40(6)26(5)32(27-18-13-11-14-19-27)48-37(47)30-31-35(45)42(22-15-12-16-23-43)34(38(31)24-28(39)33(30)49-38)36(46)41(21-9-3)25(4)17-8-2/h7,9,11,13-14,18-19,25-26,28,30-34,43H,1,3,8,10,12,15-17,20-24H2,2,4-6H3/t25?,26-,28?,30+,31-,32+,33+,34+,38-/m0/s1. The molecule has 49 heavy (non-hydrogen) atoms. The number of halogens is 1. The van der Waals surface area contributed by atoms with Crippen molar-refractivity contribution in [3.8, 4) is 0 Å². The van der Waals surface area contributed by atoms with Crippen LogP contribution >= 0.6 is 15.9 Å². The Kier molecular flexibility index (Phi) is 13.7. The van der Waals surface area contributed by atoms with Crippen molar-refractivity contribution in [2.24, 2.45) is 11.8 Å². The Hall–Kier alpha value is -3.02. The molecule has 3 fully saturated rings. The Morgan fingerprint density at radius 1 is 1.16 bits per heavy atom. The number of carbonyl (C=O) groups excluding carboxylic acids is 4. The first-order chi connectivity index (χ1) is 23.5. The number of allylic oxidation sites excluding steroid dienone is 1. The maximum absolute atomic E-state index is 14.7. The molecule has 0 aliphatic carbocycles. The summed E-state index contributed by atoms with van der Waals surface area (Å²) in [5.74, 6) is -3.03. The number of amides is 3. The van der Waals surface area contributed by atoms with Crippen LogP contribution in [0.1, 0.15) is 83.8 Å². The maximum Gasteiger partial charge on any atom is 0.313 e. The number of aliphatic hydroxyl groups excluding tert-OH is 1. The average molecular weight is 745 g/mol. The molecule has 0 aromatic heterocycles. The lowest BCUT2D eigenvalue weighted by Crippen LogP contribution is -2.58. The highest BCUT2D eigenvalue weighted by atomic mass is 79.9. The number of ether oxygens (including phenoxy) is 2. The van der Waals surface area contributed by atoms with Crippen LogP contribution in [0.3, 0.4) is 0 Å². The third-order valence-electron chi connectivity index (χ3n) is 10.6. The van der Waals surface area contributed by atoms with E-state index in [2.05, 4.69) is 36.0 Å². The number of nitrogens with zero attached hydrogens (tertiary/aromatic N) is 3. The first kappa shape index (κ1) is 38.8. The molecule has 3 aliphatic rings. The molecule has 2 unspecified atom stereocenters. The van der Waals surface area contributed by atoms with Gasteiger partial charge in [-0.1, -0.05) is 71.8 Å². The normalized spacial score (nSPS) is 27.3. The summed E-state index contributed by atoms with van der Waals surface area (Å²) in [6.07, 6.45) is 6.67. The van der Waals surface area contributed by atoms with Crippen LogP contribution in [-0.2, 0) is 28.7 Å². The van der Waals surface area contributed by atoms with Crippen LogP contribution in [0.15, 0.2) is 55.6 Å². The van der Waals surface area contributed by atoms with Gasteiger partial charge in [0.05, 0.1) is 24.0 Å². The number of hydrogen-bond acceptors (Lipinski definition) is 7. The van der Waals surface area contributed by atoms with E-state index in [-0.39, 0.29) is 41.6 Å². The number of unbranched alkanes of at least 4 members (excludes halogenated alkanes) is 2. The molecule has 1 aromatic carbocycles. The largest absolute Gasteiger partial charge is 0.455 e. The molecule has 1 aromatic rings. The number of aliphatic hydroxyl groups is 1. The molecule has 1 N–H and O–H groups in total.